The molecule has 3 nitrogen and oxygen atoms in total. The molecule has 0 N–H and O–H groups in total. The molecule has 0 amide bonds. The maximum atomic E-state index is 6.38. The minimum Gasteiger partial charge on any atom is -0.456 e. The molecule has 0 saturated heterocycles. The van der Waals surface area contributed by atoms with Crippen molar-refractivity contribution in [2.24, 2.45) is 0 Å². The highest BCUT2D eigenvalue weighted by atomic mass is 16.3. The number of benzene rings is 10. The SMILES string of the molecule is c1ccc(-n2c3ccccc3c3ccccc32)c(-c2ccc(-c3ccc(N(c4ccc(-c5ccc6ccccc6c5)cc4)c4ccc5c(c4)oc4ccccc45)cc3)cc2)c1. The molecule has 12 aromatic rings. The van der Waals surface area contributed by atoms with Gasteiger partial charge in [0.1, 0.15) is 11.2 Å². The molecule has 0 fully saturated rings. The molecule has 0 aliphatic heterocycles. The smallest absolute Gasteiger partial charge is 0.137 e. The van der Waals surface area contributed by atoms with Crippen LogP contribution in [0.4, 0.5) is 17.1 Å². The molecule has 2 heterocycles. The van der Waals surface area contributed by atoms with Gasteiger partial charge < -0.3 is 13.9 Å². The third-order valence-electron chi connectivity index (χ3n) is 12.2. The van der Waals surface area contributed by atoms with Crippen molar-refractivity contribution in [2.45, 2.75) is 0 Å². The number of aromatic nitrogens is 1. The van der Waals surface area contributed by atoms with Gasteiger partial charge in [-0.1, -0.05) is 158 Å². The Kier molecular flexibility index (Phi) is 8.17. The van der Waals surface area contributed by atoms with Crippen LogP contribution in [0.25, 0.3) is 93.6 Å². The first-order valence-electron chi connectivity index (χ1n) is 20.8. The first kappa shape index (κ1) is 34.9. The molecule has 0 atom stereocenters. The Morgan fingerprint density at radius 3 is 1.51 bits per heavy atom. The van der Waals surface area contributed by atoms with E-state index < -0.39 is 0 Å². The number of nitrogens with zero attached hydrogens (tertiary/aromatic N) is 2. The van der Waals surface area contributed by atoms with E-state index in [2.05, 4.69) is 228 Å². The molecule has 286 valence electrons. The zero-order valence-corrected chi connectivity index (χ0v) is 33.2. The second-order valence-corrected chi connectivity index (χ2v) is 15.7. The van der Waals surface area contributed by atoms with Crippen LogP contribution in [0.1, 0.15) is 0 Å². The summed E-state index contributed by atoms with van der Waals surface area (Å²) in [5, 5.41) is 7.25. The zero-order valence-electron chi connectivity index (χ0n) is 33.2. The lowest BCUT2D eigenvalue weighted by Gasteiger charge is -2.26. The second kappa shape index (κ2) is 14.3. The number of rotatable bonds is 7. The summed E-state index contributed by atoms with van der Waals surface area (Å²) in [6.07, 6.45) is 0. The van der Waals surface area contributed by atoms with Crippen LogP contribution in [0.15, 0.2) is 235 Å². The van der Waals surface area contributed by atoms with E-state index in [1.54, 1.807) is 0 Å². The molecule has 0 saturated carbocycles. The van der Waals surface area contributed by atoms with Gasteiger partial charge in [0.05, 0.1) is 16.7 Å². The summed E-state index contributed by atoms with van der Waals surface area (Å²) in [7, 11) is 0. The molecule has 0 aliphatic carbocycles. The Hall–Kier alpha value is -8.14. The van der Waals surface area contributed by atoms with Crippen LogP contribution >= 0.6 is 0 Å². The maximum Gasteiger partial charge on any atom is 0.137 e. The molecule has 10 aromatic carbocycles. The van der Waals surface area contributed by atoms with Gasteiger partial charge in [-0.15, -0.1) is 0 Å². The van der Waals surface area contributed by atoms with Crippen LogP contribution in [0.2, 0.25) is 0 Å². The van der Waals surface area contributed by atoms with E-state index in [-0.39, 0.29) is 0 Å². The third kappa shape index (κ3) is 5.98. The van der Waals surface area contributed by atoms with Gasteiger partial charge in [0.2, 0.25) is 0 Å². The highest BCUT2D eigenvalue weighted by molar-refractivity contribution is 6.10. The molecule has 12 rings (SSSR count). The second-order valence-electron chi connectivity index (χ2n) is 15.7. The first-order valence-corrected chi connectivity index (χ1v) is 20.8. The normalized spacial score (nSPS) is 11.6. The van der Waals surface area contributed by atoms with Crippen molar-refractivity contribution < 1.29 is 4.42 Å². The summed E-state index contributed by atoms with van der Waals surface area (Å²) in [4.78, 5) is 2.31. The van der Waals surface area contributed by atoms with Gasteiger partial charge in [-0.2, -0.15) is 0 Å². The number of anilines is 3. The van der Waals surface area contributed by atoms with Crippen LogP contribution in [0, 0.1) is 0 Å². The van der Waals surface area contributed by atoms with E-state index in [4.69, 9.17) is 4.42 Å². The molecule has 61 heavy (non-hydrogen) atoms. The number of para-hydroxylation sites is 4. The van der Waals surface area contributed by atoms with Gasteiger partial charge in [-0.05, 0) is 105 Å². The van der Waals surface area contributed by atoms with E-state index in [0.717, 1.165) is 44.6 Å². The standard InChI is InChI=1S/C58H38N2O/c1-2-12-44-37-45(26-23-39(44)11-1)42-29-33-47(34-30-42)59(48-35-36-53-52-16-6-10-20-57(52)61-58(53)38-48)46-31-27-41(28-32-46)40-21-24-43(25-22-40)49-13-3-7-17-54(49)60-55-18-8-4-14-50(55)51-15-5-9-19-56(51)60/h1-38H. The predicted octanol–water partition coefficient (Wildman–Crippen LogP) is 16.3. The molecule has 0 aliphatic rings. The largest absolute Gasteiger partial charge is 0.456 e. The third-order valence-corrected chi connectivity index (χ3v) is 12.2. The van der Waals surface area contributed by atoms with E-state index >= 15 is 0 Å². The Morgan fingerprint density at radius 1 is 0.311 bits per heavy atom. The molecule has 0 unspecified atom stereocenters. The van der Waals surface area contributed by atoms with Crippen LogP contribution in [0.5, 0.6) is 0 Å². The number of hydrogen-bond acceptors (Lipinski definition) is 2. The van der Waals surface area contributed by atoms with Gasteiger partial charge in [-0.3, -0.25) is 0 Å². The fourth-order valence-corrected chi connectivity index (χ4v) is 9.21. The van der Waals surface area contributed by atoms with Crippen molar-refractivity contribution in [3.05, 3.63) is 231 Å². The first-order chi connectivity index (χ1) is 30.2. The van der Waals surface area contributed by atoms with Crippen molar-refractivity contribution in [2.75, 3.05) is 4.90 Å². The van der Waals surface area contributed by atoms with Gasteiger partial charge in [0.25, 0.3) is 0 Å². The molecule has 2 aromatic heterocycles. The van der Waals surface area contributed by atoms with Crippen molar-refractivity contribution in [3.63, 3.8) is 0 Å². The lowest BCUT2D eigenvalue weighted by atomic mass is 9.98. The molecule has 3 heteroatoms. The summed E-state index contributed by atoms with van der Waals surface area (Å²) < 4.78 is 8.79. The van der Waals surface area contributed by atoms with Crippen molar-refractivity contribution >= 4 is 71.6 Å². The summed E-state index contributed by atoms with van der Waals surface area (Å²) in [5.74, 6) is 0. The monoisotopic (exact) mass is 778 g/mol. The number of hydrogen-bond donors (Lipinski definition) is 0. The van der Waals surface area contributed by atoms with Crippen LogP contribution in [-0.2, 0) is 0 Å². The topological polar surface area (TPSA) is 21.3 Å². The summed E-state index contributed by atoms with van der Waals surface area (Å²) in [5.41, 5.74) is 15.6. The Labute approximate surface area is 353 Å². The van der Waals surface area contributed by atoms with Crippen LogP contribution < -0.4 is 4.90 Å². The van der Waals surface area contributed by atoms with Crippen LogP contribution in [-0.4, -0.2) is 4.57 Å². The average molecular weight is 779 g/mol. The minimum atomic E-state index is 0.868. The molecule has 0 bridgehead atoms. The van der Waals surface area contributed by atoms with Gasteiger partial charge in [0.15, 0.2) is 0 Å². The van der Waals surface area contributed by atoms with Crippen molar-refractivity contribution in [1.29, 1.82) is 0 Å². The lowest BCUT2D eigenvalue weighted by molar-refractivity contribution is 0.669. The Morgan fingerprint density at radius 2 is 0.803 bits per heavy atom. The van der Waals surface area contributed by atoms with Gasteiger partial charge >= 0.3 is 0 Å². The highest BCUT2D eigenvalue weighted by Gasteiger charge is 2.18. The van der Waals surface area contributed by atoms with E-state index in [0.29, 0.717) is 0 Å². The number of furan rings is 1. The fourth-order valence-electron chi connectivity index (χ4n) is 9.21. The quantitative estimate of drug-likeness (QED) is 0.161. The van der Waals surface area contributed by atoms with E-state index in [1.165, 1.54) is 66.1 Å². The fraction of sp³-hybridized carbons (Fsp3) is 0. The van der Waals surface area contributed by atoms with Gasteiger partial charge in [-0.25, -0.2) is 0 Å². The summed E-state index contributed by atoms with van der Waals surface area (Å²) in [6, 6.07) is 82.9. The van der Waals surface area contributed by atoms with Crippen molar-refractivity contribution in [1.82, 2.24) is 4.57 Å². The number of fused-ring (bicyclic) bond motifs is 7. The summed E-state index contributed by atoms with van der Waals surface area (Å²) >= 11 is 0. The molecular weight excluding hydrogens is 741 g/mol. The average Bonchev–Trinajstić information content (AvgIpc) is 3.87. The molecular formula is C58H38N2O. The van der Waals surface area contributed by atoms with Gasteiger partial charge in [0, 0.05) is 50.2 Å². The lowest BCUT2D eigenvalue weighted by Crippen LogP contribution is -2.09. The highest BCUT2D eigenvalue weighted by Crippen LogP contribution is 2.41. The minimum absolute atomic E-state index is 0.868. The zero-order chi connectivity index (χ0) is 40.3. The molecule has 0 spiro atoms. The van der Waals surface area contributed by atoms with E-state index in [9.17, 15) is 0 Å². The Bertz CT molecular complexity index is 3520. The van der Waals surface area contributed by atoms with E-state index in [1.807, 2.05) is 12.1 Å². The van der Waals surface area contributed by atoms with Crippen molar-refractivity contribution in [3.8, 4) is 39.1 Å². The predicted molar refractivity (Wildman–Crippen MR) is 257 cm³/mol. The summed E-state index contributed by atoms with van der Waals surface area (Å²) in [6.45, 7) is 0. The Balaban J connectivity index is 0.897. The van der Waals surface area contributed by atoms with Crippen LogP contribution in [0.3, 0.4) is 0 Å². The molecule has 0 radical (unpaired) electrons. The maximum absolute atomic E-state index is 6.38.